The molecule has 0 bridgehead atoms. The van der Waals surface area contributed by atoms with E-state index >= 15 is 0 Å². The van der Waals surface area contributed by atoms with Crippen molar-refractivity contribution >= 4 is 54.1 Å². The molecule has 0 amide bonds. The molecule has 54 heavy (non-hydrogen) atoms. The van der Waals surface area contributed by atoms with Crippen LogP contribution < -0.4 is 0 Å². The Morgan fingerprint density at radius 3 is 1.54 bits per heavy atom. The minimum atomic E-state index is 0.901. The van der Waals surface area contributed by atoms with Gasteiger partial charge in [-0.05, 0) is 84.9 Å². The summed E-state index contributed by atoms with van der Waals surface area (Å²) in [6.45, 7) is 0. The van der Waals surface area contributed by atoms with Crippen LogP contribution in [0.2, 0.25) is 0 Å². The van der Waals surface area contributed by atoms with E-state index in [1.54, 1.807) is 0 Å². The molecule has 0 aliphatic heterocycles. The molecule has 4 heterocycles. The third kappa shape index (κ3) is 4.92. The molecule has 0 fully saturated rings. The van der Waals surface area contributed by atoms with Crippen LogP contribution in [0.15, 0.2) is 182 Å². The summed E-state index contributed by atoms with van der Waals surface area (Å²) in [6.07, 6.45) is 5.54. The maximum atomic E-state index is 5.37. The van der Waals surface area contributed by atoms with E-state index in [9.17, 15) is 0 Å². The Morgan fingerprint density at radius 2 is 0.870 bits per heavy atom. The summed E-state index contributed by atoms with van der Waals surface area (Å²) in [4.78, 5) is 19.4. The normalized spacial score (nSPS) is 11.7. The summed E-state index contributed by atoms with van der Waals surface area (Å²) in [5, 5.41) is 9.59. The maximum absolute atomic E-state index is 5.37. The first-order chi connectivity index (χ1) is 26.7. The van der Waals surface area contributed by atoms with Gasteiger partial charge in [-0.3, -0.25) is 9.97 Å². The van der Waals surface area contributed by atoms with E-state index in [-0.39, 0.29) is 0 Å². The second kappa shape index (κ2) is 12.1. The highest BCUT2D eigenvalue weighted by molar-refractivity contribution is 6.27. The Balaban J connectivity index is 1.03. The van der Waals surface area contributed by atoms with Crippen molar-refractivity contribution in [2.24, 2.45) is 0 Å². The first-order valence-electron chi connectivity index (χ1n) is 18.2. The predicted molar refractivity (Wildman–Crippen MR) is 224 cm³/mol. The van der Waals surface area contributed by atoms with E-state index in [1.165, 1.54) is 43.4 Å². The Bertz CT molecular complexity index is 3170. The molecule has 11 aromatic rings. The van der Waals surface area contributed by atoms with E-state index < -0.39 is 0 Å². The van der Waals surface area contributed by atoms with E-state index in [2.05, 4.69) is 149 Å². The fourth-order valence-corrected chi connectivity index (χ4v) is 8.08. The van der Waals surface area contributed by atoms with Crippen LogP contribution in [-0.4, -0.2) is 19.9 Å². The number of hydrogen-bond donors (Lipinski definition) is 0. The number of nitrogens with zero attached hydrogens (tertiary/aromatic N) is 4. The van der Waals surface area contributed by atoms with Gasteiger partial charge in [0.2, 0.25) is 0 Å². The fraction of sp³-hybridized carbons (Fsp3) is 0. The minimum Gasteiger partial charge on any atom is -0.264 e. The van der Waals surface area contributed by atoms with Gasteiger partial charge in [0.25, 0.3) is 0 Å². The zero-order chi connectivity index (χ0) is 35.6. The van der Waals surface area contributed by atoms with Gasteiger partial charge in [-0.15, -0.1) is 0 Å². The lowest BCUT2D eigenvalue weighted by Crippen LogP contribution is -1.93. The second-order valence-electron chi connectivity index (χ2n) is 13.9. The molecule has 7 aromatic carbocycles. The molecule has 4 nitrogen and oxygen atoms in total. The number of pyridine rings is 4. The summed E-state index contributed by atoms with van der Waals surface area (Å²) in [7, 11) is 0. The number of aromatic nitrogens is 4. The van der Waals surface area contributed by atoms with Crippen LogP contribution in [0.1, 0.15) is 0 Å². The molecule has 11 rings (SSSR count). The van der Waals surface area contributed by atoms with Crippen molar-refractivity contribution in [3.63, 3.8) is 0 Å². The lowest BCUT2D eigenvalue weighted by Gasteiger charge is -2.16. The van der Waals surface area contributed by atoms with Crippen LogP contribution >= 0.6 is 0 Å². The van der Waals surface area contributed by atoms with Crippen molar-refractivity contribution in [2.75, 3.05) is 0 Å². The number of fused-ring (bicyclic) bond motifs is 3. The smallest absolute Gasteiger partial charge is 0.0972 e. The van der Waals surface area contributed by atoms with E-state index in [0.29, 0.717) is 0 Å². The summed E-state index contributed by atoms with van der Waals surface area (Å²) in [6, 6.07) is 58.2. The van der Waals surface area contributed by atoms with Crippen LogP contribution in [-0.2, 0) is 0 Å². The van der Waals surface area contributed by atoms with E-state index in [0.717, 1.165) is 66.7 Å². The highest BCUT2D eigenvalue weighted by Crippen LogP contribution is 2.42. The van der Waals surface area contributed by atoms with Crippen LogP contribution in [0.3, 0.4) is 0 Å². The van der Waals surface area contributed by atoms with Gasteiger partial charge in [0, 0.05) is 46.1 Å². The second-order valence-corrected chi connectivity index (χ2v) is 13.9. The first-order valence-corrected chi connectivity index (χ1v) is 18.2. The average Bonchev–Trinajstić information content (AvgIpc) is 3.26. The van der Waals surface area contributed by atoms with Gasteiger partial charge in [0.15, 0.2) is 0 Å². The zero-order valence-corrected chi connectivity index (χ0v) is 29.1. The van der Waals surface area contributed by atoms with Crippen molar-refractivity contribution in [3.8, 4) is 56.0 Å². The van der Waals surface area contributed by atoms with Crippen molar-refractivity contribution < 1.29 is 0 Å². The molecule has 4 aromatic heterocycles. The topological polar surface area (TPSA) is 51.6 Å². The summed E-state index contributed by atoms with van der Waals surface area (Å²) >= 11 is 0. The molecular weight excluding hydrogens is 657 g/mol. The highest BCUT2D eigenvalue weighted by atomic mass is 14.8. The standard InChI is InChI=1S/C50H30N4/c1-2-29-52-44(5-1)33-10-12-34(13-11-33)45-26-20-37-14-15-38-21-27-46(54-50(38)49(37)53-45)41-23-17-36-18-24-42-40(22-16-35-19-25-43(41)48(36)47(35)42)32-8-6-31(7-9-32)39-4-3-28-51-30-39/h1-30H. The molecule has 0 spiro atoms. The molecule has 0 saturated heterocycles. The number of benzene rings is 7. The molecule has 0 saturated carbocycles. The lowest BCUT2D eigenvalue weighted by atomic mass is 9.87. The average molecular weight is 687 g/mol. The van der Waals surface area contributed by atoms with Gasteiger partial charge in [-0.1, -0.05) is 133 Å². The van der Waals surface area contributed by atoms with Crippen LogP contribution in [0.5, 0.6) is 0 Å². The quantitative estimate of drug-likeness (QED) is 0.169. The fourth-order valence-electron chi connectivity index (χ4n) is 8.08. The SMILES string of the molecule is c1ccc(-c2ccc(-c3ccc4ccc5ccc(-c6ccc7ccc8c(-c9ccc(-c%10cccnc%10)cc9)ccc9ccc6c7c98)nc5c4n3)cc2)nc1. The zero-order valence-electron chi connectivity index (χ0n) is 29.1. The first kappa shape index (κ1) is 30.3. The molecule has 0 aliphatic carbocycles. The van der Waals surface area contributed by atoms with E-state index in [4.69, 9.17) is 9.97 Å². The third-order valence-corrected chi connectivity index (χ3v) is 10.8. The summed E-state index contributed by atoms with van der Waals surface area (Å²) in [5.74, 6) is 0. The predicted octanol–water partition coefficient (Wildman–Crippen LogP) is 12.8. The molecule has 0 unspecified atom stereocenters. The van der Waals surface area contributed by atoms with Gasteiger partial charge in [0.05, 0.1) is 28.1 Å². The Hall–Kier alpha value is -7.30. The van der Waals surface area contributed by atoms with Gasteiger partial charge in [-0.25, -0.2) is 9.97 Å². The van der Waals surface area contributed by atoms with Crippen LogP contribution in [0.25, 0.3) is 110 Å². The summed E-state index contributed by atoms with van der Waals surface area (Å²) in [5.41, 5.74) is 12.6. The van der Waals surface area contributed by atoms with Gasteiger partial charge in [-0.2, -0.15) is 0 Å². The van der Waals surface area contributed by atoms with Crippen LogP contribution in [0.4, 0.5) is 0 Å². The summed E-state index contributed by atoms with van der Waals surface area (Å²) < 4.78 is 0. The van der Waals surface area contributed by atoms with E-state index in [1.807, 2.05) is 42.9 Å². The Labute approximate surface area is 311 Å². The lowest BCUT2D eigenvalue weighted by molar-refractivity contribution is 1.32. The van der Waals surface area contributed by atoms with Gasteiger partial charge >= 0.3 is 0 Å². The van der Waals surface area contributed by atoms with Crippen molar-refractivity contribution in [3.05, 3.63) is 182 Å². The minimum absolute atomic E-state index is 0.901. The van der Waals surface area contributed by atoms with Gasteiger partial charge in [0.1, 0.15) is 0 Å². The Morgan fingerprint density at radius 1 is 0.315 bits per heavy atom. The molecule has 0 atom stereocenters. The molecule has 0 aliphatic rings. The highest BCUT2D eigenvalue weighted by Gasteiger charge is 2.17. The number of rotatable bonds is 5. The maximum Gasteiger partial charge on any atom is 0.0972 e. The van der Waals surface area contributed by atoms with Crippen molar-refractivity contribution in [1.29, 1.82) is 0 Å². The third-order valence-electron chi connectivity index (χ3n) is 10.8. The Kier molecular flexibility index (Phi) is 6.82. The largest absolute Gasteiger partial charge is 0.264 e. The van der Waals surface area contributed by atoms with Crippen molar-refractivity contribution in [1.82, 2.24) is 19.9 Å². The molecule has 0 N–H and O–H groups in total. The molecule has 4 heteroatoms. The van der Waals surface area contributed by atoms with Gasteiger partial charge < -0.3 is 0 Å². The molecule has 250 valence electrons. The van der Waals surface area contributed by atoms with Crippen molar-refractivity contribution in [2.45, 2.75) is 0 Å². The molecule has 0 radical (unpaired) electrons. The van der Waals surface area contributed by atoms with Crippen LogP contribution in [0, 0.1) is 0 Å². The monoisotopic (exact) mass is 686 g/mol. The molecular formula is C50H30N4. The number of hydrogen-bond acceptors (Lipinski definition) is 4.